The Hall–Kier alpha value is -2.98. The van der Waals surface area contributed by atoms with Crippen molar-refractivity contribution in [3.05, 3.63) is 90.5 Å². The number of terminal acetylenes is 1. The fourth-order valence-electron chi connectivity index (χ4n) is 4.81. The van der Waals surface area contributed by atoms with Gasteiger partial charge in [0.15, 0.2) is 0 Å². The first-order chi connectivity index (χ1) is 12.7. The zero-order valence-corrected chi connectivity index (χ0v) is 14.7. The van der Waals surface area contributed by atoms with Crippen molar-refractivity contribution in [2.45, 2.75) is 24.7 Å². The van der Waals surface area contributed by atoms with Crippen LogP contribution in [-0.4, -0.2) is 0 Å². The molecule has 0 aliphatic heterocycles. The molecule has 0 spiro atoms. The molecule has 0 N–H and O–H groups in total. The van der Waals surface area contributed by atoms with Crippen LogP contribution in [0.2, 0.25) is 0 Å². The van der Waals surface area contributed by atoms with Crippen molar-refractivity contribution >= 4 is 17.1 Å². The third kappa shape index (κ3) is 2.19. The Morgan fingerprint density at radius 1 is 0.654 bits per heavy atom. The van der Waals surface area contributed by atoms with Crippen LogP contribution in [-0.2, 0) is 5.41 Å². The van der Waals surface area contributed by atoms with E-state index in [0.717, 1.165) is 19.3 Å². The number of hydrogen-bond acceptors (Lipinski definition) is 1. The first-order valence-electron chi connectivity index (χ1n) is 9.22. The quantitative estimate of drug-likeness (QED) is 0.512. The van der Waals surface area contributed by atoms with Gasteiger partial charge in [-0.25, -0.2) is 0 Å². The number of rotatable bonds is 4. The molecule has 3 aromatic rings. The van der Waals surface area contributed by atoms with Crippen LogP contribution in [0.3, 0.4) is 0 Å². The number of nitrogens with zero attached hydrogens (tertiary/aromatic N) is 1. The van der Waals surface area contributed by atoms with Gasteiger partial charge in [0, 0.05) is 22.5 Å². The zero-order valence-electron chi connectivity index (χ0n) is 14.7. The topological polar surface area (TPSA) is 3.24 Å². The Morgan fingerprint density at radius 2 is 1.12 bits per heavy atom. The van der Waals surface area contributed by atoms with Crippen molar-refractivity contribution in [2.75, 3.05) is 4.90 Å². The summed E-state index contributed by atoms with van der Waals surface area (Å²) in [6.07, 6.45) is 9.17. The van der Waals surface area contributed by atoms with E-state index in [1.165, 1.54) is 22.6 Å². The number of para-hydroxylation sites is 2. The molecule has 0 unspecified atom stereocenters. The molecule has 0 radical (unpaired) electrons. The summed E-state index contributed by atoms with van der Waals surface area (Å²) in [5, 5.41) is 0. The highest BCUT2D eigenvalue weighted by Gasteiger charge is 2.67. The maximum atomic E-state index is 5.68. The van der Waals surface area contributed by atoms with E-state index in [1.54, 1.807) is 0 Å². The number of hydrogen-bond donors (Lipinski definition) is 0. The summed E-state index contributed by atoms with van der Waals surface area (Å²) in [4.78, 5) is 2.30. The molecule has 0 saturated heterocycles. The van der Waals surface area contributed by atoms with Gasteiger partial charge in [0.05, 0.1) is 0 Å². The minimum Gasteiger partial charge on any atom is -0.311 e. The minimum absolute atomic E-state index is 0.221. The van der Waals surface area contributed by atoms with Gasteiger partial charge in [-0.05, 0) is 66.6 Å². The van der Waals surface area contributed by atoms with Gasteiger partial charge in [-0.1, -0.05) is 54.5 Å². The van der Waals surface area contributed by atoms with E-state index in [2.05, 4.69) is 95.7 Å². The molecule has 3 aliphatic rings. The van der Waals surface area contributed by atoms with Crippen molar-refractivity contribution in [1.82, 2.24) is 0 Å². The molecule has 26 heavy (non-hydrogen) atoms. The Morgan fingerprint density at radius 3 is 1.58 bits per heavy atom. The molecule has 3 aromatic carbocycles. The highest BCUT2D eigenvalue weighted by atomic mass is 15.1. The molecule has 6 rings (SSSR count). The molecule has 3 fully saturated rings. The molecular formula is C25H21N. The predicted octanol–water partition coefficient (Wildman–Crippen LogP) is 6.21. The number of benzene rings is 3. The van der Waals surface area contributed by atoms with E-state index >= 15 is 0 Å². The fraction of sp³-hybridized carbons (Fsp3) is 0.200. The van der Waals surface area contributed by atoms with Crippen LogP contribution in [0.15, 0.2) is 84.9 Å². The highest BCUT2D eigenvalue weighted by molar-refractivity contribution is 5.76. The predicted molar refractivity (Wildman–Crippen MR) is 108 cm³/mol. The molecule has 0 atom stereocenters. The fourth-order valence-corrected chi connectivity index (χ4v) is 4.81. The van der Waals surface area contributed by atoms with E-state index in [1.807, 2.05) is 0 Å². The minimum atomic E-state index is 0.221. The second kappa shape index (κ2) is 5.51. The lowest BCUT2D eigenvalue weighted by Gasteiger charge is -2.68. The lowest BCUT2D eigenvalue weighted by Crippen LogP contribution is -2.63. The average Bonchev–Trinajstić information content (AvgIpc) is 2.63. The van der Waals surface area contributed by atoms with Gasteiger partial charge in [-0.3, -0.25) is 0 Å². The summed E-state index contributed by atoms with van der Waals surface area (Å²) in [7, 11) is 0. The molecule has 126 valence electrons. The first-order valence-corrected chi connectivity index (χ1v) is 9.22. The second-order valence-corrected chi connectivity index (χ2v) is 7.79. The summed E-state index contributed by atoms with van der Waals surface area (Å²) in [5.41, 5.74) is 5.55. The van der Waals surface area contributed by atoms with Gasteiger partial charge in [-0.2, -0.15) is 0 Å². The molecule has 0 heterocycles. The lowest BCUT2D eigenvalue weighted by molar-refractivity contribution is -0.0910. The molecule has 1 nitrogen and oxygen atoms in total. The molecule has 2 bridgehead atoms. The summed E-state index contributed by atoms with van der Waals surface area (Å²) in [6, 6.07) is 30.1. The van der Waals surface area contributed by atoms with Crippen LogP contribution in [0.4, 0.5) is 17.1 Å². The molecule has 1 heteroatoms. The summed E-state index contributed by atoms with van der Waals surface area (Å²) in [5.74, 6) is 3.00. The van der Waals surface area contributed by atoms with Crippen LogP contribution in [0.25, 0.3) is 0 Å². The standard InChI is InChI=1S/C25H21N/c1-2-24-17-25(18-24,19-24)20-13-15-23(16-14-20)26(21-9-5-3-6-10-21)22-11-7-4-8-12-22/h1,3-16H,17-19H2. The highest BCUT2D eigenvalue weighted by Crippen LogP contribution is 2.73. The van der Waals surface area contributed by atoms with Crippen molar-refractivity contribution < 1.29 is 0 Å². The van der Waals surface area contributed by atoms with Crippen LogP contribution in [0.1, 0.15) is 24.8 Å². The summed E-state index contributed by atoms with van der Waals surface area (Å²) in [6.45, 7) is 0. The van der Waals surface area contributed by atoms with Crippen LogP contribution in [0.5, 0.6) is 0 Å². The largest absolute Gasteiger partial charge is 0.311 e. The SMILES string of the molecule is C#CC12CC(c3ccc(N(c4ccccc4)c4ccccc4)cc3)(C1)C2. The third-order valence-electron chi connectivity index (χ3n) is 6.10. The van der Waals surface area contributed by atoms with E-state index in [0.29, 0.717) is 5.41 Å². The smallest absolute Gasteiger partial charge is 0.0461 e. The van der Waals surface area contributed by atoms with Gasteiger partial charge < -0.3 is 4.90 Å². The molecule has 0 aromatic heterocycles. The molecule has 3 aliphatic carbocycles. The van der Waals surface area contributed by atoms with Crippen molar-refractivity contribution in [3.8, 4) is 12.3 Å². The molecule has 3 saturated carbocycles. The van der Waals surface area contributed by atoms with Crippen molar-refractivity contribution in [3.63, 3.8) is 0 Å². The van der Waals surface area contributed by atoms with Gasteiger partial charge in [0.1, 0.15) is 0 Å². The third-order valence-corrected chi connectivity index (χ3v) is 6.10. The molecule has 0 amide bonds. The normalized spacial score (nSPS) is 25.5. The molecular weight excluding hydrogens is 314 g/mol. The summed E-state index contributed by atoms with van der Waals surface area (Å²) < 4.78 is 0. The first kappa shape index (κ1) is 15.3. The van der Waals surface area contributed by atoms with Gasteiger partial charge in [0.25, 0.3) is 0 Å². The van der Waals surface area contributed by atoms with Crippen LogP contribution in [0, 0.1) is 17.8 Å². The maximum Gasteiger partial charge on any atom is 0.0461 e. The van der Waals surface area contributed by atoms with E-state index in [4.69, 9.17) is 6.42 Å². The Kier molecular flexibility index (Phi) is 3.24. The Bertz CT molecular complexity index is 905. The van der Waals surface area contributed by atoms with Gasteiger partial charge >= 0.3 is 0 Å². The van der Waals surface area contributed by atoms with Crippen molar-refractivity contribution in [1.29, 1.82) is 0 Å². The van der Waals surface area contributed by atoms with Crippen molar-refractivity contribution in [2.24, 2.45) is 5.41 Å². The second-order valence-electron chi connectivity index (χ2n) is 7.79. The average molecular weight is 335 g/mol. The monoisotopic (exact) mass is 335 g/mol. The lowest BCUT2D eigenvalue weighted by atomic mass is 9.34. The van der Waals surface area contributed by atoms with E-state index < -0.39 is 0 Å². The van der Waals surface area contributed by atoms with Crippen LogP contribution >= 0.6 is 0 Å². The van der Waals surface area contributed by atoms with E-state index in [9.17, 15) is 0 Å². The zero-order chi connectivity index (χ0) is 17.6. The maximum absolute atomic E-state index is 5.68. The van der Waals surface area contributed by atoms with E-state index in [-0.39, 0.29) is 5.41 Å². The number of anilines is 3. The summed E-state index contributed by atoms with van der Waals surface area (Å²) >= 11 is 0. The van der Waals surface area contributed by atoms with Crippen LogP contribution < -0.4 is 4.90 Å². The van der Waals surface area contributed by atoms with Gasteiger partial charge in [-0.15, -0.1) is 6.42 Å². The Labute approximate surface area is 155 Å². The Balaban J connectivity index is 1.49. The van der Waals surface area contributed by atoms with Gasteiger partial charge in [0.2, 0.25) is 0 Å².